The number of pyridine rings is 2. The first-order valence-electron chi connectivity index (χ1n) is 8.19. The van der Waals surface area contributed by atoms with Gasteiger partial charge in [0.05, 0.1) is 41.9 Å². The predicted octanol–water partition coefficient (Wildman–Crippen LogP) is 3.15. The summed E-state index contributed by atoms with van der Waals surface area (Å²) >= 11 is 0. The summed E-state index contributed by atoms with van der Waals surface area (Å²) in [6, 6.07) is 3.84. The van der Waals surface area contributed by atoms with Crippen LogP contribution in [0.1, 0.15) is 11.3 Å². The number of fused-ring (bicyclic) bond motifs is 1. The highest BCUT2D eigenvalue weighted by atomic mass is 16.5. The summed E-state index contributed by atoms with van der Waals surface area (Å²) in [5.41, 5.74) is 4.15. The summed E-state index contributed by atoms with van der Waals surface area (Å²) in [5, 5.41) is 11.5. The summed E-state index contributed by atoms with van der Waals surface area (Å²) in [6.07, 6.45) is 6.96. The minimum atomic E-state index is 0.150. The van der Waals surface area contributed by atoms with Crippen molar-refractivity contribution in [1.29, 1.82) is 0 Å². The van der Waals surface area contributed by atoms with E-state index in [9.17, 15) is 5.11 Å². The summed E-state index contributed by atoms with van der Waals surface area (Å²) < 4.78 is 8.82. The van der Waals surface area contributed by atoms with E-state index >= 15 is 0 Å². The number of nitrogens with zero attached hydrogens (tertiary/aromatic N) is 5. The first-order chi connectivity index (χ1) is 12.5. The van der Waals surface area contributed by atoms with Crippen LogP contribution in [0.2, 0.25) is 0 Å². The normalized spacial score (nSPS) is 11.2. The van der Waals surface area contributed by atoms with Gasteiger partial charge < -0.3 is 14.4 Å². The molecule has 7 heteroatoms. The number of imidazole rings is 1. The van der Waals surface area contributed by atoms with Gasteiger partial charge >= 0.3 is 0 Å². The molecular formula is C19H19N5O2. The second-order valence-electron chi connectivity index (χ2n) is 6.30. The maximum absolute atomic E-state index is 10.8. The number of rotatable bonds is 3. The van der Waals surface area contributed by atoms with Crippen LogP contribution in [0.4, 0.5) is 0 Å². The van der Waals surface area contributed by atoms with E-state index in [4.69, 9.17) is 9.72 Å². The van der Waals surface area contributed by atoms with Gasteiger partial charge in [-0.2, -0.15) is 0 Å². The molecule has 132 valence electrons. The van der Waals surface area contributed by atoms with Crippen LogP contribution in [0.15, 0.2) is 37.1 Å². The van der Waals surface area contributed by atoms with E-state index in [-0.39, 0.29) is 5.88 Å². The first-order valence-corrected chi connectivity index (χ1v) is 8.19. The zero-order valence-electron chi connectivity index (χ0n) is 15.1. The van der Waals surface area contributed by atoms with Crippen molar-refractivity contribution in [3.8, 4) is 28.7 Å². The number of aryl methyl sites for hydroxylation is 3. The predicted molar refractivity (Wildman–Crippen MR) is 98.8 cm³/mol. The maximum Gasteiger partial charge on any atom is 0.207 e. The molecule has 0 aliphatic rings. The third-order valence-corrected chi connectivity index (χ3v) is 4.50. The van der Waals surface area contributed by atoms with Crippen LogP contribution in [-0.2, 0) is 7.05 Å². The summed E-state index contributed by atoms with van der Waals surface area (Å²) in [4.78, 5) is 13.3. The zero-order chi connectivity index (χ0) is 18.4. The number of ether oxygens (including phenoxy) is 1. The fourth-order valence-electron chi connectivity index (χ4n) is 3.21. The van der Waals surface area contributed by atoms with E-state index in [1.165, 1.54) is 0 Å². The number of hydrogen-bond acceptors (Lipinski definition) is 5. The van der Waals surface area contributed by atoms with Crippen molar-refractivity contribution < 1.29 is 9.84 Å². The topological polar surface area (TPSA) is 78.0 Å². The molecule has 0 spiro atoms. The average Bonchev–Trinajstić information content (AvgIpc) is 3.16. The highest BCUT2D eigenvalue weighted by Crippen LogP contribution is 2.36. The first kappa shape index (κ1) is 16.1. The molecule has 4 aromatic heterocycles. The fraction of sp³-hybridized carbons (Fsp3) is 0.211. The molecule has 4 aromatic rings. The monoisotopic (exact) mass is 349 g/mol. The van der Waals surface area contributed by atoms with Crippen LogP contribution in [0.5, 0.6) is 11.6 Å². The van der Waals surface area contributed by atoms with E-state index < -0.39 is 0 Å². The number of aromatic hydroxyl groups is 1. The van der Waals surface area contributed by atoms with Gasteiger partial charge in [-0.05, 0) is 31.5 Å². The molecule has 4 heterocycles. The van der Waals surface area contributed by atoms with Crippen LogP contribution in [0, 0.1) is 13.8 Å². The van der Waals surface area contributed by atoms with E-state index in [0.717, 1.165) is 33.4 Å². The Kier molecular flexibility index (Phi) is 3.64. The maximum atomic E-state index is 10.8. The zero-order valence-corrected chi connectivity index (χ0v) is 15.1. The third-order valence-electron chi connectivity index (χ3n) is 4.50. The Bertz CT molecular complexity index is 1130. The molecule has 7 nitrogen and oxygen atoms in total. The van der Waals surface area contributed by atoms with E-state index in [0.29, 0.717) is 11.6 Å². The van der Waals surface area contributed by atoms with E-state index in [2.05, 4.69) is 9.97 Å². The minimum absolute atomic E-state index is 0.150. The van der Waals surface area contributed by atoms with Gasteiger partial charge in [0.25, 0.3) is 0 Å². The van der Waals surface area contributed by atoms with Gasteiger partial charge in [0.1, 0.15) is 5.75 Å². The van der Waals surface area contributed by atoms with Crippen molar-refractivity contribution in [3.63, 3.8) is 0 Å². The van der Waals surface area contributed by atoms with Crippen LogP contribution in [0.3, 0.4) is 0 Å². The standard InChI is InChI=1S/C19H19N5O2/c1-11-5-15(13-6-14(26-4)8-20-7-13)22-18-12(2)24(19(25)17(11)18)16-9-23(3)10-21-16/h5-10,25H,1-4H3. The molecule has 0 atom stereocenters. The van der Waals surface area contributed by atoms with Crippen molar-refractivity contribution in [1.82, 2.24) is 24.1 Å². The Hall–Kier alpha value is -3.35. The summed E-state index contributed by atoms with van der Waals surface area (Å²) in [6.45, 7) is 3.89. The molecule has 0 radical (unpaired) electrons. The molecule has 4 rings (SSSR count). The van der Waals surface area contributed by atoms with Crippen molar-refractivity contribution in [2.45, 2.75) is 13.8 Å². The Morgan fingerprint density at radius 2 is 1.96 bits per heavy atom. The van der Waals surface area contributed by atoms with Gasteiger partial charge in [0, 0.05) is 25.0 Å². The lowest BCUT2D eigenvalue weighted by Gasteiger charge is -2.06. The quantitative estimate of drug-likeness (QED) is 0.615. The van der Waals surface area contributed by atoms with Crippen LogP contribution >= 0.6 is 0 Å². The van der Waals surface area contributed by atoms with Gasteiger partial charge in [-0.15, -0.1) is 0 Å². The van der Waals surface area contributed by atoms with Crippen molar-refractivity contribution in [2.24, 2.45) is 7.05 Å². The van der Waals surface area contributed by atoms with Gasteiger partial charge in [-0.1, -0.05) is 0 Å². The molecule has 0 unspecified atom stereocenters. The Morgan fingerprint density at radius 1 is 1.15 bits per heavy atom. The van der Waals surface area contributed by atoms with Gasteiger partial charge in [0.15, 0.2) is 5.82 Å². The van der Waals surface area contributed by atoms with Crippen LogP contribution in [-0.4, -0.2) is 36.3 Å². The molecule has 1 N–H and O–H groups in total. The Labute approximate surface area is 150 Å². The lowest BCUT2D eigenvalue weighted by atomic mass is 10.1. The number of hydrogen-bond donors (Lipinski definition) is 1. The Morgan fingerprint density at radius 3 is 2.65 bits per heavy atom. The molecule has 26 heavy (non-hydrogen) atoms. The minimum Gasteiger partial charge on any atom is -0.495 e. The molecule has 0 aliphatic carbocycles. The fourth-order valence-corrected chi connectivity index (χ4v) is 3.21. The van der Waals surface area contributed by atoms with E-state index in [1.807, 2.05) is 43.8 Å². The van der Waals surface area contributed by atoms with Crippen LogP contribution < -0.4 is 4.74 Å². The van der Waals surface area contributed by atoms with Crippen molar-refractivity contribution in [3.05, 3.63) is 48.3 Å². The van der Waals surface area contributed by atoms with Crippen molar-refractivity contribution >= 4 is 10.9 Å². The highest BCUT2D eigenvalue weighted by Gasteiger charge is 2.20. The third kappa shape index (κ3) is 2.40. The number of methoxy groups -OCH3 is 1. The molecule has 0 fully saturated rings. The van der Waals surface area contributed by atoms with Crippen molar-refractivity contribution in [2.75, 3.05) is 7.11 Å². The molecule has 0 saturated heterocycles. The second kappa shape index (κ2) is 5.87. The van der Waals surface area contributed by atoms with Crippen LogP contribution in [0.25, 0.3) is 28.0 Å². The lowest BCUT2D eigenvalue weighted by Crippen LogP contribution is -1.96. The molecule has 0 bridgehead atoms. The summed E-state index contributed by atoms with van der Waals surface area (Å²) in [5.74, 6) is 1.48. The van der Waals surface area contributed by atoms with Gasteiger partial charge in [-0.25, -0.2) is 9.97 Å². The number of aromatic nitrogens is 5. The molecular weight excluding hydrogens is 330 g/mol. The molecule has 0 aromatic carbocycles. The molecule has 0 amide bonds. The largest absolute Gasteiger partial charge is 0.495 e. The van der Waals surface area contributed by atoms with Gasteiger partial charge in [0.2, 0.25) is 5.88 Å². The van der Waals surface area contributed by atoms with E-state index in [1.54, 1.807) is 30.4 Å². The summed E-state index contributed by atoms with van der Waals surface area (Å²) in [7, 11) is 3.50. The average molecular weight is 349 g/mol. The Balaban J connectivity index is 1.96. The SMILES string of the molecule is COc1cncc(-c2cc(C)c3c(O)n(-c4cn(C)cn4)c(C)c3n2)c1. The molecule has 0 saturated carbocycles. The van der Waals surface area contributed by atoms with Gasteiger partial charge in [-0.3, -0.25) is 9.55 Å². The second-order valence-corrected chi connectivity index (χ2v) is 6.30. The molecule has 0 aliphatic heterocycles. The highest BCUT2D eigenvalue weighted by molar-refractivity contribution is 5.93. The lowest BCUT2D eigenvalue weighted by molar-refractivity contribution is 0.413. The smallest absolute Gasteiger partial charge is 0.207 e.